The zero-order chi connectivity index (χ0) is 19.0. The van der Waals surface area contributed by atoms with Gasteiger partial charge in [-0.1, -0.05) is 24.3 Å². The molecule has 2 aliphatic heterocycles. The van der Waals surface area contributed by atoms with Gasteiger partial charge in [0.25, 0.3) is 17.7 Å². The molecule has 3 amide bonds. The SMILES string of the molecule is COc1ccccc1C(=O)N1C(=O)[C@H]2CCCCN2C(=O)c2ccccc21. The number of benzene rings is 2. The van der Waals surface area contributed by atoms with Crippen LogP contribution in [0.15, 0.2) is 48.5 Å². The highest BCUT2D eigenvalue weighted by Crippen LogP contribution is 2.33. The average Bonchev–Trinajstić information content (AvgIpc) is 2.82. The predicted molar refractivity (Wildman–Crippen MR) is 99.9 cm³/mol. The number of methoxy groups -OCH3 is 1. The van der Waals surface area contributed by atoms with Crippen LogP contribution in [0.2, 0.25) is 0 Å². The number of ether oxygens (including phenoxy) is 1. The number of fused-ring (bicyclic) bond motifs is 2. The quantitative estimate of drug-likeness (QED) is 0.769. The van der Waals surface area contributed by atoms with Gasteiger partial charge in [0.05, 0.1) is 23.9 Å². The van der Waals surface area contributed by atoms with E-state index in [1.54, 1.807) is 53.4 Å². The second-order valence-corrected chi connectivity index (χ2v) is 6.71. The number of hydrogen-bond acceptors (Lipinski definition) is 4. The lowest BCUT2D eigenvalue weighted by molar-refractivity contribution is -0.123. The monoisotopic (exact) mass is 364 g/mol. The lowest BCUT2D eigenvalue weighted by Crippen LogP contribution is -2.52. The fourth-order valence-corrected chi connectivity index (χ4v) is 3.85. The van der Waals surface area contributed by atoms with Gasteiger partial charge in [0, 0.05) is 6.54 Å². The third kappa shape index (κ3) is 2.77. The maximum atomic E-state index is 13.4. The summed E-state index contributed by atoms with van der Waals surface area (Å²) in [4.78, 5) is 42.6. The van der Waals surface area contributed by atoms with Crippen LogP contribution in [0, 0.1) is 0 Å². The second-order valence-electron chi connectivity index (χ2n) is 6.71. The van der Waals surface area contributed by atoms with E-state index in [1.807, 2.05) is 0 Å². The topological polar surface area (TPSA) is 66.9 Å². The van der Waals surface area contributed by atoms with Gasteiger partial charge in [-0.05, 0) is 43.5 Å². The maximum Gasteiger partial charge on any atom is 0.268 e. The molecule has 2 aromatic rings. The molecule has 2 aliphatic rings. The van der Waals surface area contributed by atoms with Gasteiger partial charge in [0.2, 0.25) is 0 Å². The predicted octanol–water partition coefficient (Wildman–Crippen LogP) is 2.88. The van der Waals surface area contributed by atoms with Gasteiger partial charge in [-0.15, -0.1) is 0 Å². The molecule has 1 fully saturated rings. The summed E-state index contributed by atoms with van der Waals surface area (Å²) in [7, 11) is 1.48. The van der Waals surface area contributed by atoms with E-state index >= 15 is 0 Å². The number of carbonyl (C=O) groups excluding carboxylic acids is 3. The van der Waals surface area contributed by atoms with Crippen LogP contribution in [-0.4, -0.2) is 42.3 Å². The smallest absolute Gasteiger partial charge is 0.268 e. The first kappa shape index (κ1) is 17.3. The molecule has 6 nitrogen and oxygen atoms in total. The van der Waals surface area contributed by atoms with Gasteiger partial charge in [0.15, 0.2) is 0 Å². The molecular formula is C21H20N2O4. The zero-order valence-corrected chi connectivity index (χ0v) is 15.1. The fourth-order valence-electron chi connectivity index (χ4n) is 3.85. The molecular weight excluding hydrogens is 344 g/mol. The maximum absolute atomic E-state index is 13.4. The zero-order valence-electron chi connectivity index (χ0n) is 15.1. The number of amides is 3. The van der Waals surface area contributed by atoms with Crippen molar-refractivity contribution < 1.29 is 19.1 Å². The van der Waals surface area contributed by atoms with Gasteiger partial charge < -0.3 is 9.64 Å². The van der Waals surface area contributed by atoms with Crippen molar-refractivity contribution in [2.75, 3.05) is 18.6 Å². The Morgan fingerprint density at radius 1 is 1.04 bits per heavy atom. The van der Waals surface area contributed by atoms with E-state index in [1.165, 1.54) is 7.11 Å². The van der Waals surface area contributed by atoms with E-state index in [9.17, 15) is 14.4 Å². The van der Waals surface area contributed by atoms with Crippen molar-refractivity contribution >= 4 is 23.4 Å². The molecule has 4 rings (SSSR count). The number of anilines is 1. The van der Waals surface area contributed by atoms with E-state index in [2.05, 4.69) is 0 Å². The Hall–Kier alpha value is -3.15. The number of imide groups is 1. The van der Waals surface area contributed by atoms with Crippen molar-refractivity contribution in [2.45, 2.75) is 25.3 Å². The highest BCUT2D eigenvalue weighted by molar-refractivity contribution is 6.26. The molecule has 138 valence electrons. The molecule has 1 atom stereocenters. The third-order valence-electron chi connectivity index (χ3n) is 5.18. The standard InChI is InChI=1S/C21H20N2O4/c1-27-18-12-5-3-9-15(18)20(25)23-16-10-4-2-8-14(16)19(24)22-13-7-6-11-17(22)21(23)26/h2-5,8-10,12,17H,6-7,11,13H2,1H3/t17-/m1/s1. The van der Waals surface area contributed by atoms with Crippen LogP contribution in [0.3, 0.4) is 0 Å². The largest absolute Gasteiger partial charge is 0.496 e. The van der Waals surface area contributed by atoms with E-state index in [-0.39, 0.29) is 11.8 Å². The lowest BCUT2D eigenvalue weighted by Gasteiger charge is -2.34. The van der Waals surface area contributed by atoms with Crippen molar-refractivity contribution in [3.8, 4) is 5.75 Å². The Labute approximate surface area is 157 Å². The molecule has 0 spiro atoms. The van der Waals surface area contributed by atoms with E-state index in [4.69, 9.17) is 4.74 Å². The summed E-state index contributed by atoms with van der Waals surface area (Å²) in [5.41, 5.74) is 0.996. The molecule has 0 radical (unpaired) electrons. The van der Waals surface area contributed by atoms with Crippen LogP contribution >= 0.6 is 0 Å². The molecule has 0 bridgehead atoms. The number of rotatable bonds is 2. The molecule has 1 saturated heterocycles. The van der Waals surface area contributed by atoms with E-state index in [0.717, 1.165) is 17.7 Å². The van der Waals surface area contributed by atoms with Gasteiger partial charge in [-0.25, -0.2) is 4.90 Å². The second kappa shape index (κ2) is 6.87. The van der Waals surface area contributed by atoms with Gasteiger partial charge in [-0.2, -0.15) is 0 Å². The molecule has 2 heterocycles. The Kier molecular flexibility index (Phi) is 4.39. The Morgan fingerprint density at radius 3 is 2.59 bits per heavy atom. The van der Waals surface area contributed by atoms with E-state index in [0.29, 0.717) is 35.5 Å². The van der Waals surface area contributed by atoms with Crippen molar-refractivity contribution in [2.24, 2.45) is 0 Å². The summed E-state index contributed by atoms with van der Waals surface area (Å²) in [5.74, 6) is -0.642. The van der Waals surface area contributed by atoms with Crippen LogP contribution in [0.1, 0.15) is 40.0 Å². The number of hydrogen-bond donors (Lipinski definition) is 0. The van der Waals surface area contributed by atoms with Crippen LogP contribution in [0.5, 0.6) is 5.75 Å². The highest BCUT2D eigenvalue weighted by Gasteiger charge is 2.43. The molecule has 0 unspecified atom stereocenters. The Balaban J connectivity index is 1.87. The van der Waals surface area contributed by atoms with Crippen LogP contribution in [0.4, 0.5) is 5.69 Å². The van der Waals surface area contributed by atoms with Crippen molar-refractivity contribution in [1.29, 1.82) is 0 Å². The normalized spacial score (nSPS) is 19.2. The molecule has 0 aromatic heterocycles. The summed E-state index contributed by atoms with van der Waals surface area (Å²) in [6, 6.07) is 13.0. The average molecular weight is 364 g/mol. The molecule has 27 heavy (non-hydrogen) atoms. The number of piperidine rings is 1. The summed E-state index contributed by atoms with van der Waals surface area (Å²) in [5, 5.41) is 0. The van der Waals surface area contributed by atoms with Crippen molar-refractivity contribution in [3.63, 3.8) is 0 Å². The van der Waals surface area contributed by atoms with Crippen molar-refractivity contribution in [3.05, 3.63) is 59.7 Å². The van der Waals surface area contributed by atoms with E-state index < -0.39 is 11.9 Å². The molecule has 0 aliphatic carbocycles. The Bertz CT molecular complexity index is 924. The van der Waals surface area contributed by atoms with Gasteiger partial charge >= 0.3 is 0 Å². The number of para-hydroxylation sites is 2. The van der Waals surface area contributed by atoms with Gasteiger partial charge in [0.1, 0.15) is 11.8 Å². The Morgan fingerprint density at radius 2 is 1.78 bits per heavy atom. The first-order valence-corrected chi connectivity index (χ1v) is 9.05. The summed E-state index contributed by atoms with van der Waals surface area (Å²) < 4.78 is 5.30. The number of carbonyl (C=O) groups is 3. The molecule has 6 heteroatoms. The van der Waals surface area contributed by atoms with Crippen LogP contribution in [-0.2, 0) is 4.79 Å². The first-order chi connectivity index (χ1) is 13.1. The molecule has 0 saturated carbocycles. The fraction of sp³-hybridized carbons (Fsp3) is 0.286. The molecule has 0 N–H and O–H groups in total. The first-order valence-electron chi connectivity index (χ1n) is 9.05. The highest BCUT2D eigenvalue weighted by atomic mass is 16.5. The molecule has 2 aromatic carbocycles. The summed E-state index contributed by atoms with van der Waals surface area (Å²) in [6.07, 6.45) is 2.28. The van der Waals surface area contributed by atoms with Crippen LogP contribution < -0.4 is 9.64 Å². The minimum atomic E-state index is -0.614. The third-order valence-corrected chi connectivity index (χ3v) is 5.18. The van der Waals surface area contributed by atoms with Gasteiger partial charge in [-0.3, -0.25) is 14.4 Å². The van der Waals surface area contributed by atoms with Crippen LogP contribution in [0.25, 0.3) is 0 Å². The minimum Gasteiger partial charge on any atom is -0.496 e. The van der Waals surface area contributed by atoms with Crippen molar-refractivity contribution in [1.82, 2.24) is 4.90 Å². The lowest BCUT2D eigenvalue weighted by atomic mass is 10.0. The summed E-state index contributed by atoms with van der Waals surface area (Å²) >= 11 is 0. The number of nitrogens with zero attached hydrogens (tertiary/aromatic N) is 2. The minimum absolute atomic E-state index is 0.195. The summed E-state index contributed by atoms with van der Waals surface area (Å²) in [6.45, 7) is 0.528.